The summed E-state index contributed by atoms with van der Waals surface area (Å²) >= 11 is 0. The summed E-state index contributed by atoms with van der Waals surface area (Å²) in [6.07, 6.45) is -0.748. The van der Waals surface area contributed by atoms with Gasteiger partial charge >= 0.3 is 18.0 Å². The lowest BCUT2D eigenvalue weighted by atomic mass is 10.2. The minimum atomic E-state index is -1.55. The molecule has 0 aliphatic heterocycles. The molecule has 0 radical (unpaired) electrons. The van der Waals surface area contributed by atoms with Crippen molar-refractivity contribution in [2.24, 2.45) is 0 Å². The molecule has 0 aliphatic rings. The number of carboxylic acid groups (broad SMARTS) is 2. The quantitative estimate of drug-likeness (QED) is 0.609. The number of aliphatic carboxylic acids is 2. The Labute approximate surface area is 113 Å². The van der Waals surface area contributed by atoms with Gasteiger partial charge in [-0.2, -0.15) is 0 Å². The maximum atomic E-state index is 13.3. The van der Waals surface area contributed by atoms with E-state index in [1.807, 2.05) is 5.32 Å². The Kier molecular flexibility index (Phi) is 5.45. The number of hydrogen-bond acceptors (Lipinski definition) is 3. The van der Waals surface area contributed by atoms with Gasteiger partial charge in [0.2, 0.25) is 0 Å². The number of rotatable bonds is 6. The molecule has 0 heterocycles. The Hall–Kier alpha value is -2.64. The normalized spacial score (nSPS) is 11.4. The van der Waals surface area contributed by atoms with Crippen molar-refractivity contribution >= 4 is 18.0 Å². The predicted molar refractivity (Wildman–Crippen MR) is 65.4 cm³/mol. The van der Waals surface area contributed by atoms with Gasteiger partial charge in [0.25, 0.3) is 0 Å². The van der Waals surface area contributed by atoms with Crippen molar-refractivity contribution in [3.63, 3.8) is 0 Å². The molecule has 1 atom stereocenters. The largest absolute Gasteiger partial charge is 0.481 e. The van der Waals surface area contributed by atoms with Gasteiger partial charge in [0.05, 0.1) is 6.42 Å². The molecular weight excluding hydrogens is 271 g/mol. The Balaban J connectivity index is 2.52. The molecule has 2 amide bonds. The number of carbonyl (C=O) groups is 3. The Morgan fingerprint density at radius 1 is 1.20 bits per heavy atom. The lowest BCUT2D eigenvalue weighted by Crippen LogP contribution is -2.46. The lowest BCUT2D eigenvalue weighted by Gasteiger charge is -2.13. The van der Waals surface area contributed by atoms with Crippen LogP contribution in [0.15, 0.2) is 24.3 Å². The van der Waals surface area contributed by atoms with Crippen LogP contribution in [-0.2, 0) is 16.1 Å². The summed E-state index contributed by atoms with van der Waals surface area (Å²) in [4.78, 5) is 32.6. The highest BCUT2D eigenvalue weighted by Crippen LogP contribution is 2.05. The van der Waals surface area contributed by atoms with Gasteiger partial charge in [0, 0.05) is 12.1 Å². The second-order valence-electron chi connectivity index (χ2n) is 3.91. The maximum absolute atomic E-state index is 13.3. The first-order chi connectivity index (χ1) is 9.40. The van der Waals surface area contributed by atoms with E-state index >= 15 is 0 Å². The van der Waals surface area contributed by atoms with Crippen LogP contribution >= 0.6 is 0 Å². The number of hydrogen-bond donors (Lipinski definition) is 4. The van der Waals surface area contributed by atoms with E-state index < -0.39 is 36.2 Å². The standard InChI is InChI=1S/C12H13FN2O5/c13-8-4-2-1-3-7(8)6-14-12(20)15-9(11(18)19)5-10(16)17/h1-4,9H,5-6H2,(H,16,17)(H,18,19)(H2,14,15,20). The summed E-state index contributed by atoms with van der Waals surface area (Å²) in [7, 11) is 0. The first kappa shape index (κ1) is 15.4. The number of amides is 2. The molecular formula is C12H13FN2O5. The fraction of sp³-hybridized carbons (Fsp3) is 0.250. The summed E-state index contributed by atoms with van der Waals surface area (Å²) in [5.41, 5.74) is 0.229. The van der Waals surface area contributed by atoms with Crippen molar-refractivity contribution in [3.8, 4) is 0 Å². The predicted octanol–water partition coefficient (Wildman–Crippen LogP) is 0.553. The molecule has 0 fully saturated rings. The van der Waals surface area contributed by atoms with E-state index in [9.17, 15) is 18.8 Å². The third-order valence-electron chi connectivity index (χ3n) is 2.38. The lowest BCUT2D eigenvalue weighted by molar-refractivity contribution is -0.145. The molecule has 1 unspecified atom stereocenters. The molecule has 0 aliphatic carbocycles. The molecule has 0 aromatic heterocycles. The number of carboxylic acids is 2. The second-order valence-corrected chi connectivity index (χ2v) is 3.91. The number of benzene rings is 1. The van der Waals surface area contributed by atoms with Gasteiger partial charge in [-0.25, -0.2) is 14.0 Å². The fourth-order valence-corrected chi connectivity index (χ4v) is 1.40. The number of nitrogens with one attached hydrogen (secondary N) is 2. The highest BCUT2D eigenvalue weighted by atomic mass is 19.1. The van der Waals surface area contributed by atoms with Crippen molar-refractivity contribution in [1.29, 1.82) is 0 Å². The molecule has 0 saturated heterocycles. The van der Waals surface area contributed by atoms with Gasteiger partial charge in [-0.1, -0.05) is 18.2 Å². The topological polar surface area (TPSA) is 116 Å². The average Bonchev–Trinajstić information content (AvgIpc) is 2.36. The first-order valence-corrected chi connectivity index (χ1v) is 5.62. The van der Waals surface area contributed by atoms with Crippen LogP contribution in [0.5, 0.6) is 0 Å². The van der Waals surface area contributed by atoms with Gasteiger partial charge < -0.3 is 20.8 Å². The van der Waals surface area contributed by atoms with Crippen molar-refractivity contribution < 1.29 is 29.0 Å². The minimum absolute atomic E-state index is 0.141. The van der Waals surface area contributed by atoms with E-state index in [1.165, 1.54) is 18.2 Å². The van der Waals surface area contributed by atoms with Crippen LogP contribution in [0.25, 0.3) is 0 Å². The molecule has 7 nitrogen and oxygen atoms in total. The number of carbonyl (C=O) groups excluding carboxylic acids is 1. The third kappa shape index (κ3) is 4.92. The van der Waals surface area contributed by atoms with Gasteiger partial charge in [-0.3, -0.25) is 4.79 Å². The van der Waals surface area contributed by atoms with Crippen LogP contribution in [-0.4, -0.2) is 34.2 Å². The van der Waals surface area contributed by atoms with E-state index in [4.69, 9.17) is 10.2 Å². The first-order valence-electron chi connectivity index (χ1n) is 5.62. The average molecular weight is 284 g/mol. The molecule has 0 saturated carbocycles. The summed E-state index contributed by atoms with van der Waals surface area (Å²) in [6.45, 7) is -0.141. The molecule has 0 spiro atoms. The zero-order chi connectivity index (χ0) is 15.1. The highest BCUT2D eigenvalue weighted by Gasteiger charge is 2.22. The second kappa shape index (κ2) is 7.07. The summed E-state index contributed by atoms with van der Waals surface area (Å²) in [5, 5.41) is 21.5. The minimum Gasteiger partial charge on any atom is -0.481 e. The van der Waals surface area contributed by atoms with Crippen LogP contribution in [0.1, 0.15) is 12.0 Å². The Bertz CT molecular complexity index is 520. The Morgan fingerprint density at radius 3 is 2.40 bits per heavy atom. The summed E-state index contributed by atoms with van der Waals surface area (Å²) in [5.74, 6) is -3.33. The van der Waals surface area contributed by atoms with Gasteiger partial charge in [-0.05, 0) is 6.07 Å². The monoisotopic (exact) mass is 284 g/mol. The SMILES string of the molecule is O=C(O)CC(NC(=O)NCc1ccccc1F)C(=O)O. The smallest absolute Gasteiger partial charge is 0.326 e. The molecule has 108 valence electrons. The number of urea groups is 1. The maximum Gasteiger partial charge on any atom is 0.326 e. The molecule has 1 aromatic rings. The molecule has 1 rings (SSSR count). The van der Waals surface area contributed by atoms with Crippen LogP contribution < -0.4 is 10.6 Å². The van der Waals surface area contributed by atoms with E-state index in [1.54, 1.807) is 6.07 Å². The van der Waals surface area contributed by atoms with Gasteiger partial charge in [0.1, 0.15) is 11.9 Å². The Morgan fingerprint density at radius 2 is 1.85 bits per heavy atom. The van der Waals surface area contributed by atoms with Crippen molar-refractivity contribution in [1.82, 2.24) is 10.6 Å². The molecule has 1 aromatic carbocycles. The fourth-order valence-electron chi connectivity index (χ4n) is 1.40. The zero-order valence-electron chi connectivity index (χ0n) is 10.3. The zero-order valence-corrected chi connectivity index (χ0v) is 10.3. The van der Waals surface area contributed by atoms with Crippen LogP contribution in [0.3, 0.4) is 0 Å². The van der Waals surface area contributed by atoms with Crippen LogP contribution in [0, 0.1) is 5.82 Å². The van der Waals surface area contributed by atoms with Gasteiger partial charge in [0.15, 0.2) is 0 Å². The van der Waals surface area contributed by atoms with Crippen molar-refractivity contribution in [2.45, 2.75) is 19.0 Å². The highest BCUT2D eigenvalue weighted by molar-refractivity contribution is 5.86. The van der Waals surface area contributed by atoms with E-state index in [2.05, 4.69) is 5.32 Å². The molecule has 4 N–H and O–H groups in total. The van der Waals surface area contributed by atoms with Gasteiger partial charge in [-0.15, -0.1) is 0 Å². The molecule has 8 heteroatoms. The molecule has 20 heavy (non-hydrogen) atoms. The van der Waals surface area contributed by atoms with E-state index in [0.29, 0.717) is 0 Å². The summed E-state index contributed by atoms with van der Waals surface area (Å²) in [6, 6.07) is 3.32. The van der Waals surface area contributed by atoms with Crippen molar-refractivity contribution in [3.05, 3.63) is 35.6 Å². The van der Waals surface area contributed by atoms with Crippen LogP contribution in [0.2, 0.25) is 0 Å². The van der Waals surface area contributed by atoms with Crippen molar-refractivity contribution in [2.75, 3.05) is 0 Å². The molecule has 0 bridgehead atoms. The number of halogens is 1. The summed E-state index contributed by atoms with van der Waals surface area (Å²) < 4.78 is 13.3. The van der Waals surface area contributed by atoms with E-state index in [0.717, 1.165) is 0 Å². The third-order valence-corrected chi connectivity index (χ3v) is 2.38. The van der Waals surface area contributed by atoms with E-state index in [-0.39, 0.29) is 12.1 Å². The van der Waals surface area contributed by atoms with Crippen LogP contribution in [0.4, 0.5) is 9.18 Å².